The summed E-state index contributed by atoms with van der Waals surface area (Å²) in [5.41, 5.74) is 1.31. The first kappa shape index (κ1) is 14.1. The third-order valence-corrected chi connectivity index (χ3v) is 3.91. The van der Waals surface area contributed by atoms with Gasteiger partial charge in [-0.3, -0.25) is 0 Å². The molecule has 1 heterocycles. The van der Waals surface area contributed by atoms with E-state index in [9.17, 15) is 5.11 Å². The minimum atomic E-state index is -0.897. The molecule has 0 aliphatic carbocycles. The first-order valence-corrected chi connectivity index (χ1v) is 6.65. The Hall–Kier alpha value is -1.28. The fourth-order valence-electron chi connectivity index (χ4n) is 2.24. The summed E-state index contributed by atoms with van der Waals surface area (Å²) in [6.45, 7) is 4.50. The van der Waals surface area contributed by atoms with Crippen molar-refractivity contribution in [3.63, 3.8) is 0 Å². The topological polar surface area (TPSA) is 65.3 Å². The summed E-state index contributed by atoms with van der Waals surface area (Å²) in [5.74, 6) is 0. The van der Waals surface area contributed by atoms with Gasteiger partial charge < -0.3 is 15.2 Å². The lowest BCUT2D eigenvalue weighted by atomic mass is 9.99. The summed E-state index contributed by atoms with van der Waals surface area (Å²) in [4.78, 5) is 0. The van der Waals surface area contributed by atoms with Crippen molar-refractivity contribution in [3.8, 4) is 6.07 Å². The van der Waals surface area contributed by atoms with E-state index in [0.717, 1.165) is 11.3 Å². The van der Waals surface area contributed by atoms with Crippen molar-refractivity contribution in [1.82, 2.24) is 0 Å². The van der Waals surface area contributed by atoms with E-state index in [1.807, 2.05) is 13.0 Å². The lowest BCUT2D eigenvalue weighted by Crippen LogP contribution is -2.43. The van der Waals surface area contributed by atoms with E-state index in [-0.39, 0.29) is 6.04 Å². The second kappa shape index (κ2) is 5.38. The molecule has 0 radical (unpaired) electrons. The number of hydrogen-bond acceptors (Lipinski definition) is 4. The lowest BCUT2D eigenvalue weighted by molar-refractivity contribution is 0.0389. The van der Waals surface area contributed by atoms with Gasteiger partial charge in [0.1, 0.15) is 11.7 Å². The molecule has 102 valence electrons. The first-order chi connectivity index (χ1) is 8.99. The SMILES string of the molecule is CCc1c(NC2COCC2(C)O)ccc(C#N)c1Cl. The zero-order valence-corrected chi connectivity index (χ0v) is 11.8. The van der Waals surface area contributed by atoms with E-state index in [4.69, 9.17) is 21.6 Å². The van der Waals surface area contributed by atoms with E-state index < -0.39 is 5.60 Å². The normalized spacial score (nSPS) is 26.2. The Kier molecular flexibility index (Phi) is 4.00. The number of halogens is 1. The molecule has 0 saturated carbocycles. The van der Waals surface area contributed by atoms with Crippen LogP contribution >= 0.6 is 11.6 Å². The van der Waals surface area contributed by atoms with Gasteiger partial charge in [0, 0.05) is 5.69 Å². The number of aliphatic hydroxyl groups is 1. The molecule has 0 aromatic heterocycles. The van der Waals surface area contributed by atoms with Crippen LogP contribution in [-0.4, -0.2) is 30.0 Å². The second-order valence-electron chi connectivity index (χ2n) is 4.99. The van der Waals surface area contributed by atoms with E-state index in [1.165, 1.54) is 0 Å². The van der Waals surface area contributed by atoms with Gasteiger partial charge in [0.2, 0.25) is 0 Å². The van der Waals surface area contributed by atoms with Gasteiger partial charge in [-0.05, 0) is 31.0 Å². The molecule has 0 spiro atoms. The molecule has 2 N–H and O–H groups in total. The minimum absolute atomic E-state index is 0.179. The van der Waals surface area contributed by atoms with Crippen molar-refractivity contribution in [2.45, 2.75) is 31.9 Å². The predicted octanol–water partition coefficient (Wildman–Crippen LogP) is 2.34. The van der Waals surface area contributed by atoms with Crippen LogP contribution in [0.4, 0.5) is 5.69 Å². The van der Waals surface area contributed by atoms with Crippen LogP contribution in [0.1, 0.15) is 25.0 Å². The molecular formula is C14H17ClN2O2. The van der Waals surface area contributed by atoms with Crippen molar-refractivity contribution in [2.24, 2.45) is 0 Å². The number of nitrogens with zero attached hydrogens (tertiary/aromatic N) is 1. The summed E-state index contributed by atoms with van der Waals surface area (Å²) < 4.78 is 5.30. The van der Waals surface area contributed by atoms with Crippen molar-refractivity contribution in [2.75, 3.05) is 18.5 Å². The predicted molar refractivity (Wildman–Crippen MR) is 74.4 cm³/mol. The van der Waals surface area contributed by atoms with Gasteiger partial charge in [0.25, 0.3) is 0 Å². The molecule has 5 heteroatoms. The van der Waals surface area contributed by atoms with Crippen LogP contribution in [0, 0.1) is 11.3 Å². The third-order valence-electron chi connectivity index (χ3n) is 3.48. The smallest absolute Gasteiger partial charge is 0.107 e. The van der Waals surface area contributed by atoms with Gasteiger partial charge in [0.05, 0.1) is 29.8 Å². The van der Waals surface area contributed by atoms with Gasteiger partial charge >= 0.3 is 0 Å². The number of benzene rings is 1. The monoisotopic (exact) mass is 280 g/mol. The molecule has 4 nitrogen and oxygen atoms in total. The number of nitrogens with one attached hydrogen (secondary N) is 1. The van der Waals surface area contributed by atoms with E-state index in [2.05, 4.69) is 11.4 Å². The Morgan fingerprint density at radius 1 is 1.63 bits per heavy atom. The van der Waals surface area contributed by atoms with Crippen molar-refractivity contribution >= 4 is 17.3 Å². The highest BCUT2D eigenvalue weighted by atomic mass is 35.5. The molecule has 1 aromatic rings. The van der Waals surface area contributed by atoms with Gasteiger partial charge in [-0.2, -0.15) is 5.26 Å². The summed E-state index contributed by atoms with van der Waals surface area (Å²) in [7, 11) is 0. The number of nitriles is 1. The number of anilines is 1. The molecular weight excluding hydrogens is 264 g/mol. The van der Waals surface area contributed by atoms with Crippen LogP contribution in [-0.2, 0) is 11.2 Å². The average Bonchev–Trinajstić information content (AvgIpc) is 2.69. The summed E-state index contributed by atoms with van der Waals surface area (Å²) in [6, 6.07) is 5.41. The Morgan fingerprint density at radius 3 is 2.89 bits per heavy atom. The molecule has 1 fully saturated rings. The van der Waals surface area contributed by atoms with Gasteiger partial charge in [-0.25, -0.2) is 0 Å². The van der Waals surface area contributed by atoms with Crippen LogP contribution in [0.15, 0.2) is 12.1 Å². The summed E-state index contributed by atoms with van der Waals surface area (Å²) in [6.07, 6.45) is 0.715. The molecule has 1 aromatic carbocycles. The van der Waals surface area contributed by atoms with E-state index in [1.54, 1.807) is 13.0 Å². The minimum Gasteiger partial charge on any atom is -0.386 e. The molecule has 1 saturated heterocycles. The van der Waals surface area contributed by atoms with Crippen molar-refractivity contribution in [1.29, 1.82) is 5.26 Å². The maximum absolute atomic E-state index is 10.2. The zero-order chi connectivity index (χ0) is 14.0. The summed E-state index contributed by atoms with van der Waals surface area (Å²) in [5, 5.41) is 22.9. The average molecular weight is 281 g/mol. The molecule has 19 heavy (non-hydrogen) atoms. The Balaban J connectivity index is 2.31. The van der Waals surface area contributed by atoms with Gasteiger partial charge in [0.15, 0.2) is 0 Å². The zero-order valence-electron chi connectivity index (χ0n) is 11.0. The van der Waals surface area contributed by atoms with Crippen LogP contribution in [0.25, 0.3) is 0 Å². The number of ether oxygens (including phenoxy) is 1. The molecule has 2 unspecified atom stereocenters. The van der Waals surface area contributed by atoms with Gasteiger partial charge in [-0.1, -0.05) is 18.5 Å². The quantitative estimate of drug-likeness (QED) is 0.892. The molecule has 0 amide bonds. The highest BCUT2D eigenvalue weighted by Crippen LogP contribution is 2.31. The lowest BCUT2D eigenvalue weighted by Gasteiger charge is -2.26. The van der Waals surface area contributed by atoms with Gasteiger partial charge in [-0.15, -0.1) is 0 Å². The van der Waals surface area contributed by atoms with Crippen molar-refractivity contribution in [3.05, 3.63) is 28.3 Å². The van der Waals surface area contributed by atoms with E-state index >= 15 is 0 Å². The Bertz CT molecular complexity index is 523. The maximum Gasteiger partial charge on any atom is 0.107 e. The molecule has 1 aliphatic rings. The number of rotatable bonds is 3. The Morgan fingerprint density at radius 2 is 2.37 bits per heavy atom. The highest BCUT2D eigenvalue weighted by Gasteiger charge is 2.38. The fourth-order valence-corrected chi connectivity index (χ4v) is 2.58. The van der Waals surface area contributed by atoms with Crippen LogP contribution in [0.5, 0.6) is 0 Å². The van der Waals surface area contributed by atoms with Crippen LogP contribution < -0.4 is 5.32 Å². The third kappa shape index (κ3) is 2.69. The molecule has 2 atom stereocenters. The van der Waals surface area contributed by atoms with Crippen LogP contribution in [0.3, 0.4) is 0 Å². The van der Waals surface area contributed by atoms with Crippen molar-refractivity contribution < 1.29 is 9.84 Å². The molecule has 1 aliphatic heterocycles. The van der Waals surface area contributed by atoms with Crippen LogP contribution in [0.2, 0.25) is 5.02 Å². The highest BCUT2D eigenvalue weighted by molar-refractivity contribution is 6.32. The second-order valence-corrected chi connectivity index (χ2v) is 5.37. The maximum atomic E-state index is 10.2. The van der Waals surface area contributed by atoms with E-state index in [0.29, 0.717) is 30.2 Å². The standard InChI is InChI=1S/C14H17ClN2O2/c1-3-10-11(5-4-9(6-16)13(10)15)17-12-7-19-8-14(12,2)18/h4-5,12,17-18H,3,7-8H2,1-2H3. The molecule has 0 bridgehead atoms. The summed E-state index contributed by atoms with van der Waals surface area (Å²) >= 11 is 6.21. The fraction of sp³-hybridized carbons (Fsp3) is 0.500. The Labute approximate surface area is 117 Å². The largest absolute Gasteiger partial charge is 0.386 e. The number of hydrogen-bond donors (Lipinski definition) is 2. The molecule has 2 rings (SSSR count). The first-order valence-electron chi connectivity index (χ1n) is 6.27.